The number of hydrogen-bond donors (Lipinski definition) is 0. The van der Waals surface area contributed by atoms with Crippen molar-refractivity contribution in [1.82, 2.24) is 4.90 Å². The van der Waals surface area contributed by atoms with Gasteiger partial charge in [-0.15, -0.1) is 0 Å². The van der Waals surface area contributed by atoms with Gasteiger partial charge in [0.25, 0.3) is 0 Å². The molecule has 0 aliphatic carbocycles. The Balaban J connectivity index is 1.35. The fourth-order valence-electron chi connectivity index (χ4n) is 3.35. The average Bonchev–Trinajstić information content (AvgIpc) is 2.56. The van der Waals surface area contributed by atoms with Crippen molar-refractivity contribution in [3.63, 3.8) is 0 Å². The molecule has 0 N–H and O–H groups in total. The van der Waals surface area contributed by atoms with Gasteiger partial charge >= 0.3 is 0 Å². The van der Waals surface area contributed by atoms with Gasteiger partial charge in [0.1, 0.15) is 0 Å². The monoisotopic (exact) mass is 289 g/mol. The van der Waals surface area contributed by atoms with Crippen molar-refractivity contribution in [1.29, 1.82) is 0 Å². The van der Waals surface area contributed by atoms with Crippen LogP contribution in [0.3, 0.4) is 0 Å². The van der Waals surface area contributed by atoms with Crippen LogP contribution in [-0.2, 0) is 16.0 Å². The lowest BCUT2D eigenvalue weighted by molar-refractivity contribution is -0.183. The van der Waals surface area contributed by atoms with Crippen LogP contribution in [0, 0.1) is 5.92 Å². The molecule has 3 rings (SSSR count). The summed E-state index contributed by atoms with van der Waals surface area (Å²) < 4.78 is 11.3. The fourth-order valence-corrected chi connectivity index (χ4v) is 3.35. The standard InChI is InChI=1S/C18H27NO2/c1-2-5-17(6-3-1)15-19-11-9-16(10-12-19)7-8-18-20-13-4-14-21-18/h1-3,5-6,16,18H,4,7-15H2. The van der Waals surface area contributed by atoms with Crippen LogP contribution in [-0.4, -0.2) is 37.5 Å². The van der Waals surface area contributed by atoms with Crippen LogP contribution in [0.25, 0.3) is 0 Å². The van der Waals surface area contributed by atoms with Crippen LogP contribution in [0.2, 0.25) is 0 Å². The SMILES string of the molecule is c1ccc(CN2CCC(CCC3OCCCO3)CC2)cc1. The van der Waals surface area contributed by atoms with E-state index in [1.807, 2.05) is 0 Å². The molecule has 0 atom stereocenters. The van der Waals surface area contributed by atoms with Crippen molar-refractivity contribution in [3.8, 4) is 0 Å². The highest BCUT2D eigenvalue weighted by Crippen LogP contribution is 2.25. The van der Waals surface area contributed by atoms with E-state index < -0.39 is 0 Å². The maximum Gasteiger partial charge on any atom is 0.157 e. The lowest BCUT2D eigenvalue weighted by Crippen LogP contribution is -2.34. The Morgan fingerprint density at radius 2 is 1.67 bits per heavy atom. The summed E-state index contributed by atoms with van der Waals surface area (Å²) in [5.41, 5.74) is 1.43. The molecule has 0 unspecified atom stereocenters. The van der Waals surface area contributed by atoms with Gasteiger partial charge in [0, 0.05) is 6.54 Å². The number of benzene rings is 1. The van der Waals surface area contributed by atoms with E-state index in [4.69, 9.17) is 9.47 Å². The fraction of sp³-hybridized carbons (Fsp3) is 0.667. The maximum absolute atomic E-state index is 5.64. The molecular weight excluding hydrogens is 262 g/mol. The molecule has 2 fully saturated rings. The number of likely N-dealkylation sites (tertiary alicyclic amines) is 1. The van der Waals surface area contributed by atoms with E-state index in [2.05, 4.69) is 35.2 Å². The van der Waals surface area contributed by atoms with E-state index in [9.17, 15) is 0 Å². The average molecular weight is 289 g/mol. The van der Waals surface area contributed by atoms with Gasteiger partial charge in [-0.25, -0.2) is 0 Å². The van der Waals surface area contributed by atoms with Crippen molar-refractivity contribution in [3.05, 3.63) is 35.9 Å². The lowest BCUT2D eigenvalue weighted by Gasteiger charge is -2.33. The predicted octanol–water partition coefficient (Wildman–Crippen LogP) is 3.44. The summed E-state index contributed by atoms with van der Waals surface area (Å²) >= 11 is 0. The molecule has 0 radical (unpaired) electrons. The first-order valence-electron chi connectivity index (χ1n) is 8.39. The molecule has 2 aliphatic rings. The molecule has 0 amide bonds. The number of hydrogen-bond acceptors (Lipinski definition) is 3. The van der Waals surface area contributed by atoms with Gasteiger partial charge in [-0.1, -0.05) is 30.3 Å². The van der Waals surface area contributed by atoms with Gasteiger partial charge in [0.05, 0.1) is 13.2 Å². The second-order valence-electron chi connectivity index (χ2n) is 6.31. The lowest BCUT2D eigenvalue weighted by atomic mass is 9.92. The van der Waals surface area contributed by atoms with E-state index in [1.165, 1.54) is 37.9 Å². The van der Waals surface area contributed by atoms with Gasteiger partial charge in [-0.3, -0.25) is 4.90 Å². The summed E-state index contributed by atoms with van der Waals surface area (Å²) in [6.45, 7) is 5.31. The number of nitrogens with zero attached hydrogens (tertiary/aromatic N) is 1. The van der Waals surface area contributed by atoms with Gasteiger partial charge in [0.2, 0.25) is 0 Å². The van der Waals surface area contributed by atoms with E-state index in [1.54, 1.807) is 0 Å². The molecule has 0 bridgehead atoms. The highest BCUT2D eigenvalue weighted by atomic mass is 16.7. The minimum absolute atomic E-state index is 0.0705. The van der Waals surface area contributed by atoms with Crippen LogP contribution in [0.1, 0.15) is 37.7 Å². The van der Waals surface area contributed by atoms with Gasteiger partial charge in [-0.2, -0.15) is 0 Å². The van der Waals surface area contributed by atoms with Gasteiger partial charge in [0.15, 0.2) is 6.29 Å². The van der Waals surface area contributed by atoms with Crippen LogP contribution in [0.5, 0.6) is 0 Å². The molecule has 2 aliphatic heterocycles. The zero-order valence-electron chi connectivity index (χ0n) is 12.9. The summed E-state index contributed by atoms with van der Waals surface area (Å²) in [5.74, 6) is 0.853. The minimum Gasteiger partial charge on any atom is -0.353 e. The summed E-state index contributed by atoms with van der Waals surface area (Å²) in [7, 11) is 0. The first-order chi connectivity index (χ1) is 10.4. The van der Waals surface area contributed by atoms with E-state index in [-0.39, 0.29) is 6.29 Å². The first-order valence-corrected chi connectivity index (χ1v) is 8.39. The molecule has 0 aromatic heterocycles. The van der Waals surface area contributed by atoms with Crippen molar-refractivity contribution < 1.29 is 9.47 Å². The van der Waals surface area contributed by atoms with E-state index in [0.717, 1.165) is 38.5 Å². The van der Waals surface area contributed by atoms with Crippen molar-refractivity contribution in [2.45, 2.75) is 44.9 Å². The Bertz CT molecular complexity index is 395. The van der Waals surface area contributed by atoms with Crippen LogP contribution >= 0.6 is 0 Å². The van der Waals surface area contributed by atoms with Crippen molar-refractivity contribution >= 4 is 0 Å². The Morgan fingerprint density at radius 3 is 2.38 bits per heavy atom. The van der Waals surface area contributed by atoms with Gasteiger partial charge < -0.3 is 9.47 Å². The highest BCUT2D eigenvalue weighted by molar-refractivity contribution is 5.14. The zero-order valence-corrected chi connectivity index (χ0v) is 12.9. The van der Waals surface area contributed by atoms with Crippen LogP contribution < -0.4 is 0 Å². The third-order valence-corrected chi connectivity index (χ3v) is 4.66. The van der Waals surface area contributed by atoms with Crippen LogP contribution in [0.15, 0.2) is 30.3 Å². The smallest absolute Gasteiger partial charge is 0.157 e. The molecule has 2 saturated heterocycles. The second-order valence-corrected chi connectivity index (χ2v) is 6.31. The quantitative estimate of drug-likeness (QED) is 0.829. The Labute approximate surface area is 128 Å². The van der Waals surface area contributed by atoms with Crippen molar-refractivity contribution in [2.24, 2.45) is 5.92 Å². The van der Waals surface area contributed by atoms with Crippen molar-refractivity contribution in [2.75, 3.05) is 26.3 Å². The third-order valence-electron chi connectivity index (χ3n) is 4.66. The Kier molecular flexibility index (Phi) is 5.67. The molecule has 1 aromatic rings. The molecule has 3 nitrogen and oxygen atoms in total. The summed E-state index contributed by atoms with van der Waals surface area (Å²) in [4.78, 5) is 2.58. The molecule has 2 heterocycles. The zero-order chi connectivity index (χ0) is 14.3. The molecule has 116 valence electrons. The Hall–Kier alpha value is -0.900. The molecule has 3 heteroatoms. The van der Waals surface area contributed by atoms with Crippen LogP contribution in [0.4, 0.5) is 0 Å². The summed E-state index contributed by atoms with van der Waals surface area (Å²) in [6, 6.07) is 10.8. The second kappa shape index (κ2) is 7.92. The normalized spacial score (nSPS) is 22.5. The topological polar surface area (TPSA) is 21.7 Å². The largest absolute Gasteiger partial charge is 0.353 e. The number of ether oxygens (including phenoxy) is 2. The first kappa shape index (κ1) is 15.0. The molecule has 0 spiro atoms. The summed E-state index contributed by atoms with van der Waals surface area (Å²) in [6.07, 6.45) is 6.09. The van der Waals surface area contributed by atoms with E-state index in [0.29, 0.717) is 0 Å². The van der Waals surface area contributed by atoms with Gasteiger partial charge in [-0.05, 0) is 56.7 Å². The maximum atomic E-state index is 5.64. The molecule has 1 aromatic carbocycles. The number of piperidine rings is 1. The number of rotatable bonds is 5. The third kappa shape index (κ3) is 4.80. The Morgan fingerprint density at radius 1 is 0.952 bits per heavy atom. The molecule has 21 heavy (non-hydrogen) atoms. The molecular formula is C18H27NO2. The predicted molar refractivity (Wildman–Crippen MR) is 84.0 cm³/mol. The summed E-state index contributed by atoms with van der Waals surface area (Å²) in [5, 5.41) is 0. The molecule has 0 saturated carbocycles. The highest BCUT2D eigenvalue weighted by Gasteiger charge is 2.21. The van der Waals surface area contributed by atoms with E-state index >= 15 is 0 Å². The minimum atomic E-state index is 0.0705.